The molecule has 2 aromatic carbocycles. The molecule has 0 spiro atoms. The second kappa shape index (κ2) is 46.1. The first-order chi connectivity index (χ1) is 59.7. The van der Waals surface area contributed by atoms with Crippen molar-refractivity contribution in [2.24, 2.45) is 10.9 Å². The quantitative estimate of drug-likeness (QED) is 0.0155. The van der Waals surface area contributed by atoms with E-state index in [4.69, 9.17) is 25.2 Å². The summed E-state index contributed by atoms with van der Waals surface area (Å²) in [5.74, 6) is -4.41. The average molecular weight is 1860 g/mol. The van der Waals surface area contributed by atoms with Gasteiger partial charge in [-0.25, -0.2) is 23.3 Å². The second-order valence-electron chi connectivity index (χ2n) is 31.5. The van der Waals surface area contributed by atoms with E-state index in [0.29, 0.717) is 50.1 Å². The van der Waals surface area contributed by atoms with E-state index in [1.165, 1.54) is 54.3 Å². The summed E-state index contributed by atoms with van der Waals surface area (Å²) in [5.41, 5.74) is 14.8. The molecule has 688 valence electrons. The number of rotatable bonds is 44. The van der Waals surface area contributed by atoms with Crippen molar-refractivity contribution >= 4 is 128 Å². The number of hydrogen-bond acceptors (Lipinski definition) is 26. The van der Waals surface area contributed by atoms with Crippen molar-refractivity contribution in [1.29, 1.82) is 0 Å². The monoisotopic (exact) mass is 1850 g/mol. The minimum absolute atomic E-state index is 0.000226. The van der Waals surface area contributed by atoms with Gasteiger partial charge in [-0.15, -0.1) is 0 Å². The summed E-state index contributed by atoms with van der Waals surface area (Å²) in [6.07, 6.45) is 4.41. The molecule has 11 unspecified atom stereocenters. The van der Waals surface area contributed by atoms with Crippen molar-refractivity contribution in [2.75, 3.05) is 70.2 Å². The number of carboxylic acids is 3. The molecule has 4 aliphatic heterocycles. The molecule has 14 N–H and O–H groups in total. The molecule has 40 nitrogen and oxygen atoms in total. The number of Topliss-reactive ketones (excluding diaryl/α,β-unsaturated/α-hetero) is 1. The highest BCUT2D eigenvalue weighted by Crippen LogP contribution is 2.66. The molecule has 0 bridgehead atoms. The fraction of sp³-hybridized carbons (Fsp3) is 0.568. The number of nitrogens with zero attached hydrogens (tertiary/aromatic N) is 7. The number of hydrogen-bond donors (Lipinski definition) is 13. The maximum absolute atomic E-state index is 14.9. The molecule has 126 heavy (non-hydrogen) atoms. The summed E-state index contributed by atoms with van der Waals surface area (Å²) >= 11 is 0. The summed E-state index contributed by atoms with van der Waals surface area (Å²) in [6.45, 7) is 8.90. The number of nitrogen functional groups attached to an aromatic ring is 1. The van der Waals surface area contributed by atoms with Crippen molar-refractivity contribution in [3.05, 3.63) is 115 Å². The Morgan fingerprint density at radius 3 is 2.03 bits per heavy atom. The van der Waals surface area contributed by atoms with Crippen LogP contribution in [0.2, 0.25) is 0 Å². The van der Waals surface area contributed by atoms with E-state index in [0.717, 1.165) is 51.8 Å². The number of aliphatic hydroxyl groups is 1. The lowest BCUT2D eigenvalue weighted by Crippen LogP contribution is -2.58. The zero-order valence-corrected chi connectivity index (χ0v) is 74.7. The second-order valence-corrected chi connectivity index (χ2v) is 38.6. The summed E-state index contributed by atoms with van der Waals surface area (Å²) in [7, 11) is -12.7. The number of phosphoric acid groups is 3. The van der Waals surface area contributed by atoms with E-state index in [2.05, 4.69) is 91.0 Å². The van der Waals surface area contributed by atoms with E-state index in [1.807, 2.05) is 36.5 Å². The number of aliphatic hydroxyl groups excluding tert-OH is 1. The van der Waals surface area contributed by atoms with Gasteiger partial charge in [-0.1, -0.05) is 88.8 Å². The Balaban J connectivity index is 0.766. The van der Waals surface area contributed by atoms with Crippen LogP contribution in [0.25, 0.3) is 0 Å². The molecule has 0 radical (unpaired) electrons. The lowest BCUT2D eigenvalue weighted by atomic mass is 9.65. The van der Waals surface area contributed by atoms with Crippen LogP contribution in [0.3, 0.4) is 0 Å². The van der Waals surface area contributed by atoms with Crippen LogP contribution in [0, 0.1) is 24.7 Å². The largest absolute Gasteiger partial charge is 0.490 e. The number of phosphoric ester groups is 1. The number of aryl methyl sites for hydroxylation is 2. The predicted molar refractivity (Wildman–Crippen MR) is 458 cm³/mol. The van der Waals surface area contributed by atoms with Gasteiger partial charge in [0.05, 0.1) is 36.8 Å². The molecule has 3 aromatic rings. The maximum Gasteiger partial charge on any atom is 0.490 e. The number of amides is 8. The first-order valence-corrected chi connectivity index (χ1v) is 48.6. The highest BCUT2D eigenvalue weighted by atomic mass is 33.1. The predicted octanol–water partition coefficient (Wildman–Crippen LogP) is 4.89. The van der Waals surface area contributed by atoms with Gasteiger partial charge in [0.15, 0.2) is 0 Å². The Morgan fingerprint density at radius 2 is 1.38 bits per heavy atom. The third-order valence-corrected chi connectivity index (χ3v) is 28.5. The van der Waals surface area contributed by atoms with Gasteiger partial charge in [0.1, 0.15) is 60.2 Å². The molecule has 9 rings (SSSR count). The van der Waals surface area contributed by atoms with Crippen LogP contribution in [0.5, 0.6) is 0 Å². The standard InChI is InChI=1S/C81H109N12O28P3S2/c1-6-18-49-39-51-40-52-41-59(83-7-2)48(4)38-57(52)72(56(51)37-47(49)3)54-21-10-11-22-55(54)78(106)89(5)31-17-27-67(96)90-32-14-24-62(90)75(103)84-30-13-12-23-58(79(107)92-34-16-26-64(92)77(105)86-60(42-70(98)99)74(102)87-61(80(108)109)43-71(100)101)85-76(104)63-25-15-33-91(63)68(97)29-36-126-125-35-28-53(94)20-9-8-19-50-45-93(81(110)88-73(50)82)69-44-65(95)66(119-69)46-118-123(114,115)121-124(116,117)120-122(111,112)113/h10-11,21-22,37-39,41,45,57-58,60-66,69,72,95H,6-7,9,12-18,20,23-36,40,42-44,46H2,1-5H3,(H,84,103)(H,85,104)(H,86,105)(H,87,102)(H,98,99)(H,100,101)(H,108,109)(H,114,115)(H,116,117)(H2,82,88,110)(H2,111,112,113)/t57?,58?,60?,61?,62?,63?,64?,65?,66-,69-,72?/m1/s1. The number of aliphatic carboxylic acids is 3. The minimum atomic E-state index is -5.84. The number of aliphatic imine (C=N–C) groups is 1. The molecular formula is C81H109N12O28P3S2. The van der Waals surface area contributed by atoms with Crippen molar-refractivity contribution in [2.45, 2.75) is 223 Å². The molecule has 2 aliphatic carbocycles. The Morgan fingerprint density at radius 1 is 0.754 bits per heavy atom. The molecule has 0 saturated carbocycles. The van der Waals surface area contributed by atoms with Gasteiger partial charge >= 0.3 is 47.1 Å². The zero-order chi connectivity index (χ0) is 92.1. The van der Waals surface area contributed by atoms with Gasteiger partial charge in [0, 0.05) is 120 Å². The van der Waals surface area contributed by atoms with Crippen molar-refractivity contribution in [1.82, 2.24) is 50.4 Å². The third-order valence-electron chi connectivity index (χ3n) is 22.3. The number of nitrogens with two attached hydrogens (primary N) is 1. The molecule has 13 atom stereocenters. The van der Waals surface area contributed by atoms with Gasteiger partial charge in [-0.3, -0.25) is 66.8 Å². The lowest BCUT2D eigenvalue weighted by molar-refractivity contribution is -0.148. The van der Waals surface area contributed by atoms with Gasteiger partial charge in [-0.2, -0.15) is 13.6 Å². The third kappa shape index (κ3) is 28.1. The maximum atomic E-state index is 14.9. The molecule has 6 aliphatic rings. The minimum Gasteiger partial charge on any atom is -0.481 e. The smallest absolute Gasteiger partial charge is 0.481 e. The molecule has 8 amide bonds. The van der Waals surface area contributed by atoms with Gasteiger partial charge < -0.3 is 91.3 Å². The Labute approximate surface area is 734 Å². The van der Waals surface area contributed by atoms with Crippen LogP contribution in [0.1, 0.15) is 199 Å². The van der Waals surface area contributed by atoms with Crippen LogP contribution >= 0.6 is 45.1 Å². The van der Waals surface area contributed by atoms with Crippen LogP contribution in [-0.2, 0) is 97.2 Å². The number of carboxylic acid groups (broad SMARTS) is 3. The molecule has 5 heterocycles. The number of likely N-dealkylation sites (tertiary alicyclic amines) is 3. The van der Waals surface area contributed by atoms with E-state index in [1.54, 1.807) is 16.8 Å². The highest BCUT2D eigenvalue weighted by molar-refractivity contribution is 8.76. The first kappa shape index (κ1) is 100. The summed E-state index contributed by atoms with van der Waals surface area (Å²) in [5, 5.41) is 49.1. The number of carbonyl (C=O) groups is 12. The molecule has 4 fully saturated rings. The van der Waals surface area contributed by atoms with E-state index in [9.17, 15) is 106 Å². The number of nitrogens with one attached hydrogen (secondary N) is 4. The molecule has 45 heteroatoms. The van der Waals surface area contributed by atoms with Crippen LogP contribution < -0.4 is 32.7 Å². The number of allylic oxidation sites excluding steroid dienone is 4. The highest BCUT2D eigenvalue weighted by Gasteiger charge is 2.46. The van der Waals surface area contributed by atoms with E-state index in [-0.39, 0.29) is 156 Å². The summed E-state index contributed by atoms with van der Waals surface area (Å²) in [4.78, 5) is 226. The van der Waals surface area contributed by atoms with Crippen molar-refractivity contribution in [3.8, 4) is 11.8 Å². The van der Waals surface area contributed by atoms with E-state index >= 15 is 0 Å². The molecule has 4 saturated heterocycles. The van der Waals surface area contributed by atoms with Gasteiger partial charge in [0.2, 0.25) is 41.4 Å². The Bertz CT molecular complexity index is 4980. The van der Waals surface area contributed by atoms with Crippen LogP contribution in [-0.4, -0.2) is 259 Å². The van der Waals surface area contributed by atoms with Gasteiger partial charge in [-0.05, 0) is 143 Å². The number of fused-ring (bicyclic) bond motifs is 2. The molecule has 1 aromatic heterocycles. The van der Waals surface area contributed by atoms with Crippen molar-refractivity contribution < 1.29 is 129 Å². The molecular weight excluding hydrogens is 1750 g/mol. The fourth-order valence-electron chi connectivity index (χ4n) is 16.3. The number of ketones is 1. The Hall–Kier alpha value is -9.30. The SMILES string of the molecule is CCCc1cc2c(cc1C)C(c1ccccc1C(=O)N(C)CCCC(=O)N1CCCC1C(=O)NCCCCC(NC(=O)C1CCCN1C(=O)CCSSCCC(=O)CCC#Cc1cn([C@H]3CC(O)[C@@H](COP(=O)(O)OP(=O)(O)OP(=O)(O)O)O3)c(=O)nc1N)C(=O)N1CCCC1C(=O)NC(CC(=O)O)C(=O)NC(CC(=O)O)C(=O)O)C1C=C(C)C(=NCC)C=C1C2. The number of benzene rings is 2. The average Bonchev–Trinajstić information content (AvgIpc) is 1.14. The number of aromatic nitrogens is 2. The summed E-state index contributed by atoms with van der Waals surface area (Å²) < 4.78 is 53.2. The Kier molecular flexibility index (Phi) is 36.8. The van der Waals surface area contributed by atoms with Gasteiger partial charge in [0.25, 0.3) is 5.91 Å². The van der Waals surface area contributed by atoms with Crippen LogP contribution in [0.4, 0.5) is 5.82 Å². The zero-order valence-electron chi connectivity index (χ0n) is 70.4. The lowest BCUT2D eigenvalue weighted by Gasteiger charge is -2.38. The fourth-order valence-corrected chi connectivity index (χ4v) is 21.3. The number of unbranched alkanes of at least 4 members (excludes halogenated alkanes) is 1. The van der Waals surface area contributed by atoms with Crippen LogP contribution in [0.15, 0.2) is 75.7 Å². The summed E-state index contributed by atoms with van der Waals surface area (Å²) in [6, 6.07) is 3.94. The van der Waals surface area contributed by atoms with Crippen molar-refractivity contribution in [3.63, 3.8) is 0 Å². The number of anilines is 1. The normalized spacial score (nSPS) is 21.7. The van der Waals surface area contributed by atoms with E-state index < -0.39 is 151 Å². The topological polar surface area (TPSA) is 589 Å². The number of carbonyl (C=O) groups excluding carboxylic acids is 9. The first-order valence-electron chi connectivity index (χ1n) is 41.6. The number of ether oxygens (including phenoxy) is 1.